The number of likely N-dealkylation sites (tertiary alicyclic amines) is 1. The Morgan fingerprint density at radius 2 is 2.10 bits per heavy atom. The lowest BCUT2D eigenvalue weighted by Crippen LogP contribution is -2.43. The van der Waals surface area contributed by atoms with Gasteiger partial charge in [-0.1, -0.05) is 13.8 Å². The highest BCUT2D eigenvalue weighted by atomic mass is 16.4. The maximum atomic E-state index is 12.0. The van der Waals surface area contributed by atoms with Crippen LogP contribution < -0.4 is 5.32 Å². The van der Waals surface area contributed by atoms with Crippen LogP contribution in [0.15, 0.2) is 0 Å². The molecule has 0 bridgehead atoms. The molecule has 20 heavy (non-hydrogen) atoms. The van der Waals surface area contributed by atoms with Crippen LogP contribution in [0.3, 0.4) is 0 Å². The largest absolute Gasteiger partial charge is 0.481 e. The lowest BCUT2D eigenvalue weighted by Gasteiger charge is -2.28. The summed E-state index contributed by atoms with van der Waals surface area (Å²) in [6.45, 7) is 4.61. The van der Waals surface area contributed by atoms with E-state index in [1.54, 1.807) is 11.9 Å². The molecule has 6 nitrogen and oxygen atoms in total. The Labute approximate surface area is 119 Å². The third kappa shape index (κ3) is 4.83. The molecule has 1 fully saturated rings. The SMILES string of the molecule is CC(C)CC(CNC(=O)C1CCN(C)C(=O)C1)C(=O)O. The minimum absolute atomic E-state index is 0.0339. The van der Waals surface area contributed by atoms with E-state index >= 15 is 0 Å². The van der Waals surface area contributed by atoms with Crippen LogP contribution in [0.4, 0.5) is 0 Å². The second-order valence-electron chi connectivity index (χ2n) is 5.91. The number of hydrogen-bond donors (Lipinski definition) is 2. The maximum Gasteiger partial charge on any atom is 0.308 e. The minimum atomic E-state index is -0.890. The first-order valence-electron chi connectivity index (χ1n) is 7.05. The number of rotatable bonds is 6. The Morgan fingerprint density at radius 1 is 1.45 bits per heavy atom. The normalized spacial score (nSPS) is 20.9. The highest BCUT2D eigenvalue weighted by Crippen LogP contribution is 2.18. The number of piperidine rings is 1. The first-order chi connectivity index (χ1) is 9.31. The smallest absolute Gasteiger partial charge is 0.308 e. The van der Waals surface area contributed by atoms with Crippen molar-refractivity contribution in [3.8, 4) is 0 Å². The second kappa shape index (κ2) is 7.26. The van der Waals surface area contributed by atoms with Gasteiger partial charge in [-0.05, 0) is 18.8 Å². The van der Waals surface area contributed by atoms with Crippen LogP contribution in [0.1, 0.15) is 33.1 Å². The molecule has 1 heterocycles. The molecule has 0 aromatic rings. The lowest BCUT2D eigenvalue weighted by molar-refractivity contribution is -0.143. The topological polar surface area (TPSA) is 86.7 Å². The van der Waals surface area contributed by atoms with Gasteiger partial charge in [0.1, 0.15) is 0 Å². The minimum Gasteiger partial charge on any atom is -0.481 e. The van der Waals surface area contributed by atoms with Gasteiger partial charge in [0.15, 0.2) is 0 Å². The molecule has 114 valence electrons. The fourth-order valence-electron chi connectivity index (χ4n) is 2.38. The van der Waals surface area contributed by atoms with Crippen LogP contribution in [0.5, 0.6) is 0 Å². The number of amides is 2. The zero-order valence-electron chi connectivity index (χ0n) is 12.4. The fraction of sp³-hybridized carbons (Fsp3) is 0.786. The zero-order chi connectivity index (χ0) is 15.3. The monoisotopic (exact) mass is 284 g/mol. The Balaban J connectivity index is 2.45. The van der Waals surface area contributed by atoms with Crippen molar-refractivity contribution in [3.63, 3.8) is 0 Å². The fourth-order valence-corrected chi connectivity index (χ4v) is 2.38. The van der Waals surface area contributed by atoms with Crippen molar-refractivity contribution in [2.75, 3.05) is 20.1 Å². The van der Waals surface area contributed by atoms with E-state index in [-0.39, 0.29) is 36.6 Å². The highest BCUT2D eigenvalue weighted by molar-refractivity contribution is 5.87. The average Bonchev–Trinajstić information content (AvgIpc) is 2.36. The van der Waals surface area contributed by atoms with E-state index in [0.717, 1.165) is 0 Å². The lowest BCUT2D eigenvalue weighted by atomic mass is 9.94. The molecule has 2 amide bonds. The van der Waals surface area contributed by atoms with Gasteiger partial charge in [0.2, 0.25) is 11.8 Å². The van der Waals surface area contributed by atoms with Gasteiger partial charge >= 0.3 is 5.97 Å². The van der Waals surface area contributed by atoms with Crippen molar-refractivity contribution in [1.82, 2.24) is 10.2 Å². The molecular formula is C14H24N2O4. The predicted octanol–water partition coefficient (Wildman–Crippen LogP) is 0.718. The number of nitrogens with zero attached hydrogens (tertiary/aromatic N) is 1. The predicted molar refractivity (Wildman–Crippen MR) is 74.0 cm³/mol. The number of hydrogen-bond acceptors (Lipinski definition) is 3. The van der Waals surface area contributed by atoms with Crippen molar-refractivity contribution >= 4 is 17.8 Å². The van der Waals surface area contributed by atoms with Gasteiger partial charge < -0.3 is 15.3 Å². The van der Waals surface area contributed by atoms with Crippen molar-refractivity contribution < 1.29 is 19.5 Å². The summed E-state index contributed by atoms with van der Waals surface area (Å²) in [5.74, 6) is -1.76. The van der Waals surface area contributed by atoms with E-state index in [1.165, 1.54) is 0 Å². The summed E-state index contributed by atoms with van der Waals surface area (Å²) in [5.41, 5.74) is 0. The summed E-state index contributed by atoms with van der Waals surface area (Å²) in [6.07, 6.45) is 1.38. The van der Waals surface area contributed by atoms with Gasteiger partial charge in [0.25, 0.3) is 0 Å². The van der Waals surface area contributed by atoms with E-state index < -0.39 is 11.9 Å². The molecule has 0 aromatic carbocycles. The third-order valence-electron chi connectivity index (χ3n) is 3.66. The molecule has 0 spiro atoms. The molecule has 1 aliphatic rings. The maximum absolute atomic E-state index is 12.0. The molecule has 0 aromatic heterocycles. The number of carbonyl (C=O) groups is 3. The van der Waals surface area contributed by atoms with Gasteiger partial charge in [-0.2, -0.15) is 0 Å². The van der Waals surface area contributed by atoms with E-state index in [9.17, 15) is 14.4 Å². The van der Waals surface area contributed by atoms with Crippen LogP contribution in [-0.2, 0) is 14.4 Å². The first-order valence-corrected chi connectivity index (χ1v) is 7.05. The molecule has 1 aliphatic heterocycles. The number of nitrogens with one attached hydrogen (secondary N) is 1. The zero-order valence-corrected chi connectivity index (χ0v) is 12.4. The molecule has 1 rings (SSSR count). The number of carboxylic acid groups (broad SMARTS) is 1. The van der Waals surface area contributed by atoms with Gasteiger partial charge in [0.05, 0.1) is 5.92 Å². The molecule has 0 radical (unpaired) electrons. The second-order valence-corrected chi connectivity index (χ2v) is 5.91. The van der Waals surface area contributed by atoms with Crippen molar-refractivity contribution in [2.24, 2.45) is 17.8 Å². The van der Waals surface area contributed by atoms with Crippen LogP contribution in [0.2, 0.25) is 0 Å². The van der Waals surface area contributed by atoms with Gasteiger partial charge in [-0.25, -0.2) is 0 Å². The van der Waals surface area contributed by atoms with E-state index in [0.29, 0.717) is 19.4 Å². The summed E-state index contributed by atoms with van der Waals surface area (Å²) in [6, 6.07) is 0. The molecule has 2 N–H and O–H groups in total. The molecular weight excluding hydrogens is 260 g/mol. The van der Waals surface area contributed by atoms with Crippen LogP contribution in [0, 0.1) is 17.8 Å². The summed E-state index contributed by atoms with van der Waals surface area (Å²) in [7, 11) is 1.72. The summed E-state index contributed by atoms with van der Waals surface area (Å²) in [4.78, 5) is 36.3. The van der Waals surface area contributed by atoms with Crippen molar-refractivity contribution in [3.05, 3.63) is 0 Å². The summed E-state index contributed by atoms with van der Waals surface area (Å²) < 4.78 is 0. The summed E-state index contributed by atoms with van der Waals surface area (Å²) >= 11 is 0. The first kappa shape index (κ1) is 16.5. The number of carbonyl (C=O) groups excluding carboxylic acids is 2. The Bertz CT molecular complexity index is 381. The van der Waals surface area contributed by atoms with Gasteiger partial charge in [-0.15, -0.1) is 0 Å². The standard InChI is InChI=1S/C14H24N2O4/c1-9(2)6-11(14(19)20)8-15-13(18)10-4-5-16(3)12(17)7-10/h9-11H,4-8H2,1-3H3,(H,15,18)(H,19,20). The number of aliphatic carboxylic acids is 1. The van der Waals surface area contributed by atoms with E-state index in [1.807, 2.05) is 13.8 Å². The molecule has 0 aliphatic carbocycles. The van der Waals surface area contributed by atoms with Crippen molar-refractivity contribution in [2.45, 2.75) is 33.1 Å². The van der Waals surface area contributed by atoms with Crippen LogP contribution in [0.25, 0.3) is 0 Å². The van der Waals surface area contributed by atoms with Crippen molar-refractivity contribution in [1.29, 1.82) is 0 Å². The quantitative estimate of drug-likeness (QED) is 0.752. The number of carboxylic acids is 1. The van der Waals surface area contributed by atoms with E-state index in [4.69, 9.17) is 5.11 Å². The van der Waals surface area contributed by atoms with Crippen LogP contribution in [-0.4, -0.2) is 47.9 Å². The molecule has 1 saturated heterocycles. The third-order valence-corrected chi connectivity index (χ3v) is 3.66. The van der Waals surface area contributed by atoms with E-state index in [2.05, 4.69) is 5.32 Å². The molecule has 0 saturated carbocycles. The molecule has 6 heteroatoms. The average molecular weight is 284 g/mol. The van der Waals surface area contributed by atoms with Gasteiger partial charge in [0, 0.05) is 32.5 Å². The Morgan fingerprint density at radius 3 is 2.60 bits per heavy atom. The Kier molecular flexibility index (Phi) is 5.98. The van der Waals surface area contributed by atoms with Crippen LogP contribution >= 0.6 is 0 Å². The molecule has 2 unspecified atom stereocenters. The molecule has 2 atom stereocenters. The highest BCUT2D eigenvalue weighted by Gasteiger charge is 2.29. The van der Waals surface area contributed by atoms with Gasteiger partial charge in [-0.3, -0.25) is 14.4 Å². The summed E-state index contributed by atoms with van der Waals surface area (Å²) in [5, 5.41) is 11.8. The Hall–Kier alpha value is -1.59.